The van der Waals surface area contributed by atoms with E-state index in [1.54, 1.807) is 10.9 Å². The third-order valence-corrected chi connectivity index (χ3v) is 6.63. The standard InChI is InChI=1S/C18H26F5N5O2S/c1-18(2)13-4-5-15(18)16(10-13)24-6-7-28-12-14(26-27-28)11-25-17(29)30-8-3-9-31(19,20,21,22)23/h3,9,12-13,15H,4-8,10-11H2,1-2H3,(H,25,29)/b9-3+,24-16?. The Kier molecular flexibility index (Phi) is 5.64. The first-order chi connectivity index (χ1) is 14.1. The first-order valence-electron chi connectivity index (χ1n) is 9.87. The van der Waals surface area contributed by atoms with Gasteiger partial charge in [0.05, 0.1) is 31.2 Å². The van der Waals surface area contributed by atoms with Crippen LogP contribution in [-0.2, 0) is 17.8 Å². The van der Waals surface area contributed by atoms with Gasteiger partial charge in [0.1, 0.15) is 12.3 Å². The van der Waals surface area contributed by atoms with Gasteiger partial charge in [-0.05, 0) is 36.7 Å². The Morgan fingerprint density at radius 3 is 2.71 bits per heavy atom. The molecule has 1 amide bonds. The van der Waals surface area contributed by atoms with Crippen LogP contribution >= 0.6 is 10.2 Å². The van der Waals surface area contributed by atoms with E-state index >= 15 is 0 Å². The predicted octanol–water partition coefficient (Wildman–Crippen LogP) is 5.21. The molecule has 1 aromatic rings. The van der Waals surface area contributed by atoms with E-state index in [0.29, 0.717) is 36.0 Å². The summed E-state index contributed by atoms with van der Waals surface area (Å²) in [7, 11) is -9.65. The molecule has 7 nitrogen and oxygen atoms in total. The number of nitrogens with zero attached hydrogens (tertiary/aromatic N) is 4. The maximum absolute atomic E-state index is 12.1. The van der Waals surface area contributed by atoms with Crippen LogP contribution in [0.3, 0.4) is 0 Å². The van der Waals surface area contributed by atoms with Gasteiger partial charge in [-0.25, -0.2) is 4.79 Å². The zero-order valence-corrected chi connectivity index (χ0v) is 18.1. The highest BCUT2D eigenvalue weighted by Crippen LogP contribution is 2.98. The van der Waals surface area contributed by atoms with E-state index in [4.69, 9.17) is 4.99 Å². The van der Waals surface area contributed by atoms with Crippen molar-refractivity contribution in [1.29, 1.82) is 0 Å². The van der Waals surface area contributed by atoms with E-state index in [-0.39, 0.29) is 12.6 Å². The molecule has 2 atom stereocenters. The zero-order chi connectivity index (χ0) is 23.0. The van der Waals surface area contributed by atoms with E-state index in [1.165, 1.54) is 18.6 Å². The Morgan fingerprint density at radius 1 is 1.35 bits per heavy atom. The topological polar surface area (TPSA) is 81.4 Å². The third kappa shape index (κ3) is 6.65. The van der Waals surface area contributed by atoms with Crippen molar-refractivity contribution in [2.75, 3.05) is 13.2 Å². The summed E-state index contributed by atoms with van der Waals surface area (Å²) in [6.45, 7) is 4.70. The second kappa shape index (κ2) is 7.45. The molecule has 2 saturated carbocycles. The molecule has 1 N–H and O–H groups in total. The average molecular weight is 471 g/mol. The lowest BCUT2D eigenvalue weighted by Gasteiger charge is -2.36. The van der Waals surface area contributed by atoms with Crippen molar-refractivity contribution in [2.24, 2.45) is 22.2 Å². The number of carbonyl (C=O) groups is 1. The molecule has 1 aromatic heterocycles. The third-order valence-electron chi connectivity index (χ3n) is 5.92. The molecule has 13 heteroatoms. The van der Waals surface area contributed by atoms with Crippen molar-refractivity contribution < 1.29 is 29.0 Å². The highest BCUT2D eigenvalue weighted by atomic mass is 32.5. The van der Waals surface area contributed by atoms with Gasteiger partial charge < -0.3 is 10.1 Å². The van der Waals surface area contributed by atoms with Crippen molar-refractivity contribution in [1.82, 2.24) is 20.3 Å². The highest BCUT2D eigenvalue weighted by molar-refractivity contribution is 8.48. The number of alkyl carbamates (subject to hydrolysis) is 1. The number of nitrogens with one attached hydrogen (secondary N) is 1. The van der Waals surface area contributed by atoms with Crippen LogP contribution in [0.25, 0.3) is 0 Å². The first-order valence-corrected chi connectivity index (χ1v) is 11.9. The monoisotopic (exact) mass is 471 g/mol. The maximum atomic E-state index is 12.1. The molecule has 0 radical (unpaired) electrons. The smallest absolute Gasteiger partial charge is 0.407 e. The maximum Gasteiger partial charge on any atom is 0.407 e. The van der Waals surface area contributed by atoms with Gasteiger partial charge in [-0.15, -0.1) is 5.10 Å². The molecule has 1 heterocycles. The lowest BCUT2D eigenvalue weighted by molar-refractivity contribution is 0.157. The van der Waals surface area contributed by atoms with Crippen LogP contribution in [0.1, 0.15) is 38.8 Å². The molecule has 176 valence electrons. The molecule has 0 aliphatic heterocycles. The lowest BCUT2D eigenvalue weighted by Crippen LogP contribution is -2.24. The number of amides is 1. The van der Waals surface area contributed by atoms with Gasteiger partial charge in [0.2, 0.25) is 0 Å². The largest absolute Gasteiger partial charge is 0.445 e. The van der Waals surface area contributed by atoms with Gasteiger partial charge >= 0.3 is 16.3 Å². The van der Waals surface area contributed by atoms with E-state index in [0.717, 1.165) is 6.42 Å². The minimum atomic E-state index is -9.65. The predicted molar refractivity (Wildman–Crippen MR) is 107 cm³/mol. The van der Waals surface area contributed by atoms with Gasteiger partial charge in [-0.1, -0.05) is 38.5 Å². The summed E-state index contributed by atoms with van der Waals surface area (Å²) in [6, 6.07) is 0. The van der Waals surface area contributed by atoms with Gasteiger partial charge in [-0.2, -0.15) is 0 Å². The number of hydrogen-bond donors (Lipinski definition) is 1. The summed E-state index contributed by atoms with van der Waals surface area (Å²) >= 11 is 0. The summed E-state index contributed by atoms with van der Waals surface area (Å²) in [5, 5.41) is 8.93. The fraction of sp³-hybridized carbons (Fsp3) is 0.667. The second-order valence-electron chi connectivity index (χ2n) is 8.55. The number of aromatic nitrogens is 3. The average Bonchev–Trinajstić information content (AvgIpc) is 3.27. The van der Waals surface area contributed by atoms with Gasteiger partial charge in [0, 0.05) is 11.6 Å². The minimum Gasteiger partial charge on any atom is -0.445 e. The summed E-state index contributed by atoms with van der Waals surface area (Å²) in [5.41, 5.74) is 2.02. The van der Waals surface area contributed by atoms with E-state index < -0.39 is 28.3 Å². The number of aliphatic imine (C=N–C) groups is 1. The molecule has 2 aliphatic carbocycles. The van der Waals surface area contributed by atoms with Crippen molar-refractivity contribution in [2.45, 2.75) is 46.2 Å². The molecule has 2 aliphatic rings. The Hall–Kier alpha value is -2.18. The van der Waals surface area contributed by atoms with Gasteiger partial charge in [0.15, 0.2) is 0 Å². The Labute approximate surface area is 176 Å². The van der Waals surface area contributed by atoms with E-state index in [2.05, 4.69) is 34.2 Å². The van der Waals surface area contributed by atoms with Crippen molar-refractivity contribution in [3.05, 3.63) is 23.4 Å². The quantitative estimate of drug-likeness (QED) is 0.528. The summed E-state index contributed by atoms with van der Waals surface area (Å²) < 4.78 is 66.4. The molecule has 3 rings (SSSR count). The number of carbonyl (C=O) groups excluding carboxylic acids is 1. The summed E-state index contributed by atoms with van der Waals surface area (Å²) in [4.78, 5) is 16.2. The Bertz CT molecular complexity index is 897. The van der Waals surface area contributed by atoms with Crippen LogP contribution < -0.4 is 5.32 Å². The fourth-order valence-corrected chi connectivity index (χ4v) is 4.75. The highest BCUT2D eigenvalue weighted by Gasteiger charge is 2.60. The normalized spacial score (nSPS) is 26.2. The van der Waals surface area contributed by atoms with Crippen LogP contribution in [0.15, 0.2) is 22.7 Å². The van der Waals surface area contributed by atoms with E-state index in [9.17, 15) is 24.2 Å². The Balaban J connectivity index is 1.38. The second-order valence-corrected chi connectivity index (χ2v) is 10.9. The fourth-order valence-electron chi connectivity index (χ4n) is 4.31. The molecule has 31 heavy (non-hydrogen) atoms. The van der Waals surface area contributed by atoms with Gasteiger partial charge in [-0.3, -0.25) is 9.67 Å². The molecule has 0 aromatic carbocycles. The Morgan fingerprint density at radius 2 is 2.10 bits per heavy atom. The van der Waals surface area contributed by atoms with Crippen molar-refractivity contribution in [3.8, 4) is 0 Å². The summed E-state index contributed by atoms with van der Waals surface area (Å²) in [6.07, 6.45) is 4.12. The molecule has 2 fully saturated rings. The number of ether oxygens (including phenoxy) is 1. The number of halogens is 5. The lowest BCUT2D eigenvalue weighted by atomic mass is 9.82. The van der Waals surface area contributed by atoms with Crippen molar-refractivity contribution >= 4 is 22.0 Å². The number of rotatable bonds is 8. The SMILES string of the molecule is CC1(C)C2CCC1C(=NCCn1cc(CNC(=O)OC/C=C/S(F)(F)(F)(F)F)nn1)C2. The zero-order valence-electron chi connectivity index (χ0n) is 17.2. The molecule has 2 unspecified atom stereocenters. The van der Waals surface area contributed by atoms with Crippen LogP contribution in [0.5, 0.6) is 0 Å². The molecular weight excluding hydrogens is 445 g/mol. The summed E-state index contributed by atoms with van der Waals surface area (Å²) in [5.74, 6) is 1.26. The molecular formula is C18H26F5N5O2S. The minimum absolute atomic E-state index is 0.0518. The van der Waals surface area contributed by atoms with Crippen molar-refractivity contribution in [3.63, 3.8) is 0 Å². The van der Waals surface area contributed by atoms with Crippen LogP contribution in [0.2, 0.25) is 0 Å². The molecule has 2 bridgehead atoms. The number of hydrogen-bond acceptors (Lipinski definition) is 5. The molecule has 0 saturated heterocycles. The van der Waals surface area contributed by atoms with Crippen LogP contribution in [0.4, 0.5) is 24.2 Å². The first kappa shape index (κ1) is 23.5. The van der Waals surface area contributed by atoms with Gasteiger partial charge in [0.25, 0.3) is 0 Å². The van der Waals surface area contributed by atoms with Crippen LogP contribution in [-0.4, -0.2) is 40.0 Å². The number of fused-ring (bicyclic) bond motifs is 2. The van der Waals surface area contributed by atoms with Crippen LogP contribution in [0, 0.1) is 17.3 Å². The van der Waals surface area contributed by atoms with E-state index in [1.807, 2.05) is 0 Å². The molecule has 0 spiro atoms.